The first-order chi connectivity index (χ1) is 8.68. The molecule has 7 heteroatoms. The maximum atomic E-state index is 13.3. The van der Waals surface area contributed by atoms with Crippen molar-refractivity contribution in [2.24, 2.45) is 5.41 Å². The molecule has 2 unspecified atom stereocenters. The van der Waals surface area contributed by atoms with Crippen LogP contribution in [0.5, 0.6) is 0 Å². The number of hydrogen-bond acceptors (Lipinski definition) is 3. The van der Waals surface area contributed by atoms with Crippen molar-refractivity contribution in [1.29, 1.82) is 0 Å². The molecule has 2 fully saturated rings. The van der Waals surface area contributed by atoms with Crippen molar-refractivity contribution in [2.45, 2.75) is 38.0 Å². The highest BCUT2D eigenvalue weighted by molar-refractivity contribution is 5.84. The fraction of sp³-hybridized carbons (Fsp3) is 0.917. The molecule has 0 aromatic rings. The van der Waals surface area contributed by atoms with Crippen molar-refractivity contribution in [2.75, 3.05) is 26.2 Å². The lowest BCUT2D eigenvalue weighted by Crippen LogP contribution is -2.58. The van der Waals surface area contributed by atoms with Gasteiger partial charge >= 0.3 is 6.18 Å². The fourth-order valence-corrected chi connectivity index (χ4v) is 2.93. The lowest BCUT2D eigenvalue weighted by Gasteiger charge is -2.41. The molecule has 0 saturated carbocycles. The van der Waals surface area contributed by atoms with Crippen molar-refractivity contribution < 1.29 is 23.1 Å². The van der Waals surface area contributed by atoms with E-state index in [0.717, 1.165) is 0 Å². The molecule has 0 aliphatic carbocycles. The Morgan fingerprint density at radius 1 is 1.37 bits per heavy atom. The van der Waals surface area contributed by atoms with Gasteiger partial charge in [0.1, 0.15) is 0 Å². The van der Waals surface area contributed by atoms with Crippen molar-refractivity contribution in [3.8, 4) is 0 Å². The third kappa shape index (κ3) is 2.58. The average Bonchev–Trinajstić information content (AvgIpc) is 2.76. The standard InChI is InChI=1S/C12H19F3N2O2/c1-10(19)3-2-6-17(8-10)9(18)11(12(13,14)15)4-5-16-7-11/h16,19H,2-8H2,1H3. The van der Waals surface area contributed by atoms with Gasteiger partial charge in [0.25, 0.3) is 0 Å². The van der Waals surface area contributed by atoms with Crippen LogP contribution < -0.4 is 5.32 Å². The number of alkyl halides is 3. The van der Waals surface area contributed by atoms with Gasteiger partial charge in [-0.25, -0.2) is 0 Å². The van der Waals surface area contributed by atoms with Gasteiger partial charge in [-0.05, 0) is 32.7 Å². The minimum Gasteiger partial charge on any atom is -0.388 e. The summed E-state index contributed by atoms with van der Waals surface area (Å²) in [6, 6.07) is 0. The summed E-state index contributed by atoms with van der Waals surface area (Å²) in [5.41, 5.74) is -3.41. The van der Waals surface area contributed by atoms with E-state index < -0.39 is 23.1 Å². The molecule has 2 heterocycles. The van der Waals surface area contributed by atoms with E-state index in [0.29, 0.717) is 12.8 Å². The summed E-state index contributed by atoms with van der Waals surface area (Å²) in [5.74, 6) is -0.898. The number of carbonyl (C=O) groups is 1. The van der Waals surface area contributed by atoms with Crippen molar-refractivity contribution in [1.82, 2.24) is 10.2 Å². The molecule has 2 saturated heterocycles. The van der Waals surface area contributed by atoms with Gasteiger partial charge in [-0.2, -0.15) is 13.2 Å². The van der Waals surface area contributed by atoms with Crippen molar-refractivity contribution >= 4 is 5.91 Å². The lowest BCUT2D eigenvalue weighted by atomic mass is 9.83. The van der Waals surface area contributed by atoms with Gasteiger partial charge in [0.05, 0.1) is 5.60 Å². The van der Waals surface area contributed by atoms with Crippen LogP contribution in [0, 0.1) is 5.41 Å². The summed E-state index contributed by atoms with van der Waals surface area (Å²) in [7, 11) is 0. The van der Waals surface area contributed by atoms with Crippen LogP contribution in [0.25, 0.3) is 0 Å². The van der Waals surface area contributed by atoms with E-state index in [-0.39, 0.29) is 32.6 Å². The molecule has 2 aliphatic rings. The van der Waals surface area contributed by atoms with Crippen LogP contribution in [0.3, 0.4) is 0 Å². The molecule has 1 amide bonds. The van der Waals surface area contributed by atoms with Gasteiger partial charge in [0.15, 0.2) is 5.41 Å². The third-order valence-electron chi connectivity index (χ3n) is 4.07. The zero-order valence-corrected chi connectivity index (χ0v) is 10.9. The molecular weight excluding hydrogens is 261 g/mol. The van der Waals surface area contributed by atoms with Crippen LogP contribution in [-0.2, 0) is 4.79 Å². The van der Waals surface area contributed by atoms with Gasteiger partial charge in [0, 0.05) is 19.6 Å². The van der Waals surface area contributed by atoms with Crippen molar-refractivity contribution in [3.05, 3.63) is 0 Å². The summed E-state index contributed by atoms with van der Waals surface area (Å²) in [4.78, 5) is 13.5. The van der Waals surface area contributed by atoms with E-state index in [4.69, 9.17) is 0 Å². The van der Waals surface area contributed by atoms with Crippen LogP contribution in [0.2, 0.25) is 0 Å². The summed E-state index contributed by atoms with van der Waals surface area (Å²) < 4.78 is 39.8. The molecule has 0 radical (unpaired) electrons. The summed E-state index contributed by atoms with van der Waals surface area (Å²) in [6.07, 6.45) is -3.75. The second kappa shape index (κ2) is 4.63. The maximum Gasteiger partial charge on any atom is 0.404 e. The molecule has 0 spiro atoms. The molecule has 2 N–H and O–H groups in total. The molecule has 2 rings (SSSR count). The Balaban J connectivity index is 2.21. The number of carbonyl (C=O) groups excluding carboxylic acids is 1. The predicted octanol–water partition coefficient (Wildman–Crippen LogP) is 0.902. The quantitative estimate of drug-likeness (QED) is 0.750. The smallest absolute Gasteiger partial charge is 0.388 e. The third-order valence-corrected chi connectivity index (χ3v) is 4.07. The minimum atomic E-state index is -4.56. The molecule has 2 atom stereocenters. The highest BCUT2D eigenvalue weighted by Crippen LogP contribution is 2.45. The van der Waals surface area contributed by atoms with E-state index in [1.54, 1.807) is 6.92 Å². The van der Waals surface area contributed by atoms with E-state index in [1.165, 1.54) is 4.90 Å². The molecule has 0 bridgehead atoms. The number of hydrogen-bond donors (Lipinski definition) is 2. The molecular formula is C12H19F3N2O2. The summed E-state index contributed by atoms with van der Waals surface area (Å²) in [6.45, 7) is 1.64. The predicted molar refractivity (Wildman–Crippen MR) is 62.4 cm³/mol. The Bertz CT molecular complexity index is 362. The Morgan fingerprint density at radius 2 is 2.05 bits per heavy atom. The first-order valence-electron chi connectivity index (χ1n) is 6.47. The number of rotatable bonds is 1. The van der Waals surface area contributed by atoms with E-state index in [1.807, 2.05) is 0 Å². The molecule has 0 aromatic carbocycles. The molecule has 110 valence electrons. The summed E-state index contributed by atoms with van der Waals surface area (Å²) >= 11 is 0. The Hall–Kier alpha value is -0.820. The van der Waals surface area contributed by atoms with Gasteiger partial charge in [0.2, 0.25) is 5.91 Å². The number of piperidine rings is 1. The number of nitrogens with one attached hydrogen (secondary N) is 1. The number of β-amino-alcohol motifs (C(OH)–C–C–N with tert-alkyl or cyclic N) is 1. The second-order valence-electron chi connectivity index (χ2n) is 5.83. The van der Waals surface area contributed by atoms with Crippen molar-refractivity contribution in [3.63, 3.8) is 0 Å². The van der Waals surface area contributed by atoms with Gasteiger partial charge in [-0.15, -0.1) is 0 Å². The summed E-state index contributed by atoms with van der Waals surface area (Å²) in [5, 5.41) is 12.6. The monoisotopic (exact) mass is 280 g/mol. The highest BCUT2D eigenvalue weighted by atomic mass is 19.4. The number of aliphatic hydroxyl groups is 1. The molecule has 2 aliphatic heterocycles. The van der Waals surface area contributed by atoms with E-state index in [9.17, 15) is 23.1 Å². The lowest BCUT2D eigenvalue weighted by molar-refractivity contribution is -0.223. The largest absolute Gasteiger partial charge is 0.404 e. The zero-order valence-electron chi connectivity index (χ0n) is 10.9. The molecule has 4 nitrogen and oxygen atoms in total. The zero-order chi connectivity index (χ0) is 14.3. The first-order valence-corrected chi connectivity index (χ1v) is 6.47. The maximum absolute atomic E-state index is 13.3. The minimum absolute atomic E-state index is 0.0241. The van der Waals surface area contributed by atoms with E-state index >= 15 is 0 Å². The van der Waals surface area contributed by atoms with Crippen LogP contribution in [0.15, 0.2) is 0 Å². The topological polar surface area (TPSA) is 52.6 Å². The molecule has 19 heavy (non-hydrogen) atoms. The number of likely N-dealkylation sites (tertiary alicyclic amines) is 1. The first kappa shape index (κ1) is 14.6. The number of halogens is 3. The number of amides is 1. The SMILES string of the molecule is CC1(O)CCCN(C(=O)C2(C(F)(F)F)CCNC2)C1. The second-order valence-corrected chi connectivity index (χ2v) is 5.83. The van der Waals surface area contributed by atoms with Crippen LogP contribution in [-0.4, -0.2) is 53.9 Å². The van der Waals surface area contributed by atoms with Crippen LogP contribution >= 0.6 is 0 Å². The normalized spacial score (nSPS) is 36.6. The fourth-order valence-electron chi connectivity index (χ4n) is 2.93. The van der Waals surface area contributed by atoms with Crippen LogP contribution in [0.1, 0.15) is 26.2 Å². The Kier molecular flexibility index (Phi) is 3.55. The van der Waals surface area contributed by atoms with E-state index in [2.05, 4.69) is 5.32 Å². The highest BCUT2D eigenvalue weighted by Gasteiger charge is 2.62. The number of nitrogens with zero attached hydrogens (tertiary/aromatic N) is 1. The Labute approximate surface area is 110 Å². The average molecular weight is 280 g/mol. The van der Waals surface area contributed by atoms with Gasteiger partial charge < -0.3 is 15.3 Å². The van der Waals surface area contributed by atoms with Gasteiger partial charge in [-0.1, -0.05) is 0 Å². The Morgan fingerprint density at radius 3 is 2.53 bits per heavy atom. The molecule has 0 aromatic heterocycles. The van der Waals surface area contributed by atoms with Crippen LogP contribution in [0.4, 0.5) is 13.2 Å². The van der Waals surface area contributed by atoms with Gasteiger partial charge in [-0.3, -0.25) is 4.79 Å².